The van der Waals surface area contributed by atoms with Gasteiger partial charge in [0.05, 0.1) is 24.7 Å². The van der Waals surface area contributed by atoms with Crippen molar-refractivity contribution in [2.45, 2.75) is 12.3 Å². The number of rotatable bonds is 8. The van der Waals surface area contributed by atoms with E-state index < -0.39 is 34.5 Å². The summed E-state index contributed by atoms with van der Waals surface area (Å²) in [6.07, 6.45) is -0.390. The van der Waals surface area contributed by atoms with E-state index in [1.807, 2.05) is 0 Å². The molecule has 3 rings (SSSR count). The second kappa shape index (κ2) is 9.24. The number of ketones is 1. The number of fused-ring (bicyclic) bond motifs is 1. The van der Waals surface area contributed by atoms with E-state index >= 15 is 0 Å². The first-order chi connectivity index (χ1) is 14.9. The number of nitro benzene ring substituents is 1. The third-order valence-corrected chi connectivity index (χ3v) is 4.94. The lowest BCUT2D eigenvalue weighted by molar-refractivity contribution is -0.385. The number of esters is 2. The molecule has 31 heavy (non-hydrogen) atoms. The third-order valence-electron chi connectivity index (χ3n) is 4.94. The van der Waals surface area contributed by atoms with Crippen LogP contribution < -0.4 is 9.47 Å². The lowest BCUT2D eigenvalue weighted by atomic mass is 9.81. The molecular weight excluding hydrogens is 410 g/mol. The zero-order chi connectivity index (χ0) is 22.5. The molecule has 10 heteroatoms. The van der Waals surface area contributed by atoms with Crippen molar-refractivity contribution in [1.82, 2.24) is 0 Å². The highest BCUT2D eigenvalue weighted by atomic mass is 16.7. The minimum atomic E-state index is -1.47. The van der Waals surface area contributed by atoms with Crippen molar-refractivity contribution in [3.8, 4) is 11.5 Å². The van der Waals surface area contributed by atoms with Gasteiger partial charge in [0, 0.05) is 18.4 Å². The maximum atomic E-state index is 13.0. The monoisotopic (exact) mass is 429 g/mol. The van der Waals surface area contributed by atoms with Crippen LogP contribution in [-0.4, -0.2) is 43.7 Å². The number of Topliss-reactive ketones (excluding diaryl/α,β-unsaturated/α-hetero) is 1. The number of methoxy groups -OCH3 is 2. The SMILES string of the molecule is COC(=O)C(C(=O)OC)C(CC(=O)c1ccccc1[N+](=O)[O-])c1ccc2c(c1)OCO2. The molecule has 10 nitrogen and oxygen atoms in total. The third kappa shape index (κ3) is 4.47. The first-order valence-corrected chi connectivity index (χ1v) is 9.19. The molecule has 0 bridgehead atoms. The molecule has 0 amide bonds. The number of para-hydroxylation sites is 1. The Morgan fingerprint density at radius 1 is 1.03 bits per heavy atom. The van der Waals surface area contributed by atoms with Gasteiger partial charge in [-0.25, -0.2) is 0 Å². The molecular formula is C21H19NO9. The molecule has 0 aromatic heterocycles. The smallest absolute Gasteiger partial charge is 0.320 e. The number of hydrogen-bond donors (Lipinski definition) is 0. The summed E-state index contributed by atoms with van der Waals surface area (Å²) in [4.78, 5) is 48.6. The molecule has 0 aliphatic carbocycles. The van der Waals surface area contributed by atoms with Gasteiger partial charge in [-0.2, -0.15) is 0 Å². The quantitative estimate of drug-likeness (QED) is 0.204. The zero-order valence-corrected chi connectivity index (χ0v) is 16.7. The predicted octanol–water partition coefficient (Wildman–Crippen LogP) is 2.64. The van der Waals surface area contributed by atoms with E-state index in [9.17, 15) is 24.5 Å². The van der Waals surface area contributed by atoms with Gasteiger partial charge in [-0.05, 0) is 23.8 Å². The fraction of sp³-hybridized carbons (Fsp3) is 0.286. The summed E-state index contributed by atoms with van der Waals surface area (Å²) in [5, 5.41) is 11.3. The normalized spacial score (nSPS) is 12.9. The average Bonchev–Trinajstić information content (AvgIpc) is 3.25. The topological polar surface area (TPSA) is 131 Å². The highest BCUT2D eigenvalue weighted by Gasteiger charge is 2.40. The van der Waals surface area contributed by atoms with Gasteiger partial charge < -0.3 is 18.9 Å². The summed E-state index contributed by atoms with van der Waals surface area (Å²) in [7, 11) is 2.22. The fourth-order valence-electron chi connectivity index (χ4n) is 3.43. The van der Waals surface area contributed by atoms with Crippen molar-refractivity contribution >= 4 is 23.4 Å². The van der Waals surface area contributed by atoms with E-state index in [4.69, 9.17) is 18.9 Å². The molecule has 0 saturated heterocycles. The van der Waals surface area contributed by atoms with E-state index in [-0.39, 0.29) is 24.5 Å². The van der Waals surface area contributed by atoms with Crippen LogP contribution in [-0.2, 0) is 19.1 Å². The van der Waals surface area contributed by atoms with Crippen LogP contribution in [0.15, 0.2) is 42.5 Å². The largest absolute Gasteiger partial charge is 0.468 e. The van der Waals surface area contributed by atoms with Crippen LogP contribution in [0.1, 0.15) is 28.3 Å². The predicted molar refractivity (Wildman–Crippen MR) is 105 cm³/mol. The molecule has 0 fully saturated rings. The van der Waals surface area contributed by atoms with Crippen LogP contribution in [0.4, 0.5) is 5.69 Å². The molecule has 1 aliphatic heterocycles. The minimum absolute atomic E-state index is 0.00995. The molecule has 1 atom stereocenters. The summed E-state index contributed by atoms with van der Waals surface area (Å²) < 4.78 is 20.2. The van der Waals surface area contributed by atoms with E-state index in [0.29, 0.717) is 17.1 Å². The van der Waals surface area contributed by atoms with Crippen molar-refractivity contribution in [2.75, 3.05) is 21.0 Å². The highest BCUT2D eigenvalue weighted by molar-refractivity contribution is 6.02. The number of nitrogens with zero attached hydrogens (tertiary/aromatic N) is 1. The van der Waals surface area contributed by atoms with E-state index in [1.165, 1.54) is 24.3 Å². The zero-order valence-electron chi connectivity index (χ0n) is 16.7. The maximum Gasteiger partial charge on any atom is 0.320 e. The number of nitro groups is 1. The molecule has 0 saturated carbocycles. The van der Waals surface area contributed by atoms with Gasteiger partial charge in [0.15, 0.2) is 23.2 Å². The molecule has 1 heterocycles. The molecule has 0 spiro atoms. The first-order valence-electron chi connectivity index (χ1n) is 9.19. The van der Waals surface area contributed by atoms with Crippen LogP contribution in [0, 0.1) is 16.0 Å². The van der Waals surface area contributed by atoms with Gasteiger partial charge in [-0.3, -0.25) is 24.5 Å². The molecule has 0 N–H and O–H groups in total. The van der Waals surface area contributed by atoms with Gasteiger partial charge >= 0.3 is 11.9 Å². The van der Waals surface area contributed by atoms with Crippen LogP contribution in [0.25, 0.3) is 0 Å². The first kappa shape index (κ1) is 21.8. The second-order valence-corrected chi connectivity index (χ2v) is 6.64. The van der Waals surface area contributed by atoms with Crippen molar-refractivity contribution in [3.05, 3.63) is 63.7 Å². The van der Waals surface area contributed by atoms with Crippen molar-refractivity contribution in [1.29, 1.82) is 0 Å². The Bertz CT molecular complexity index is 1020. The van der Waals surface area contributed by atoms with Crippen molar-refractivity contribution in [2.24, 2.45) is 5.92 Å². The summed E-state index contributed by atoms with van der Waals surface area (Å²) >= 11 is 0. The number of hydrogen-bond acceptors (Lipinski definition) is 9. The number of benzene rings is 2. The van der Waals surface area contributed by atoms with Gasteiger partial charge in [0.2, 0.25) is 6.79 Å². The van der Waals surface area contributed by atoms with Crippen molar-refractivity contribution < 1.29 is 38.3 Å². The lowest BCUT2D eigenvalue weighted by Crippen LogP contribution is -2.33. The standard InChI is InChI=1S/C21H19NO9/c1-28-20(24)19(21(25)29-2)14(12-7-8-17-18(9-12)31-11-30-17)10-16(23)13-5-3-4-6-15(13)22(26)27/h3-9,14,19H,10-11H2,1-2H3. The maximum absolute atomic E-state index is 13.0. The lowest BCUT2D eigenvalue weighted by Gasteiger charge is -2.23. The highest BCUT2D eigenvalue weighted by Crippen LogP contribution is 2.39. The Morgan fingerprint density at radius 2 is 1.68 bits per heavy atom. The summed E-state index contributed by atoms with van der Waals surface area (Å²) in [6, 6.07) is 10.2. The average molecular weight is 429 g/mol. The van der Waals surface area contributed by atoms with Crippen LogP contribution in [0.3, 0.4) is 0 Å². The van der Waals surface area contributed by atoms with E-state index in [1.54, 1.807) is 18.2 Å². The van der Waals surface area contributed by atoms with Crippen LogP contribution in [0.2, 0.25) is 0 Å². The number of ether oxygens (including phenoxy) is 4. The molecule has 2 aromatic rings. The minimum Gasteiger partial charge on any atom is -0.468 e. The molecule has 1 aliphatic rings. The second-order valence-electron chi connectivity index (χ2n) is 6.64. The summed E-state index contributed by atoms with van der Waals surface area (Å²) in [5.41, 5.74) is -0.0895. The molecule has 0 radical (unpaired) electrons. The van der Waals surface area contributed by atoms with Crippen molar-refractivity contribution in [3.63, 3.8) is 0 Å². The van der Waals surface area contributed by atoms with E-state index in [2.05, 4.69) is 0 Å². The Labute approximate surface area is 176 Å². The van der Waals surface area contributed by atoms with E-state index in [0.717, 1.165) is 14.2 Å². The van der Waals surface area contributed by atoms with Gasteiger partial charge in [0.1, 0.15) is 0 Å². The Balaban J connectivity index is 2.05. The Kier molecular flexibility index (Phi) is 6.49. The summed E-state index contributed by atoms with van der Waals surface area (Å²) in [6.45, 7) is 0.00995. The van der Waals surface area contributed by atoms with Crippen LogP contribution >= 0.6 is 0 Å². The molecule has 162 valence electrons. The Morgan fingerprint density at radius 3 is 2.32 bits per heavy atom. The van der Waals surface area contributed by atoms with Gasteiger partial charge in [-0.15, -0.1) is 0 Å². The number of carbonyl (C=O) groups excluding carboxylic acids is 3. The van der Waals surface area contributed by atoms with Gasteiger partial charge in [0.25, 0.3) is 5.69 Å². The fourth-order valence-corrected chi connectivity index (χ4v) is 3.43. The Hall–Kier alpha value is -3.95. The number of carbonyl (C=O) groups is 3. The summed E-state index contributed by atoms with van der Waals surface area (Å²) in [5.74, 6) is -4.05. The molecule has 1 unspecified atom stereocenters. The van der Waals surface area contributed by atoms with Crippen LogP contribution in [0.5, 0.6) is 11.5 Å². The van der Waals surface area contributed by atoms with Gasteiger partial charge in [-0.1, -0.05) is 18.2 Å². The molecule has 2 aromatic carbocycles.